The fourth-order valence-corrected chi connectivity index (χ4v) is 3.91. The predicted molar refractivity (Wildman–Crippen MR) is 60.6 cm³/mol. The smallest absolute Gasteiger partial charge is 0.145 e. The number of aromatic nitrogens is 2. The Bertz CT molecular complexity index is 417. The maximum atomic E-state index is 9.89. The normalized spacial score (nSPS) is 41.8. The monoisotopic (exact) mass is 237 g/mol. The first-order chi connectivity index (χ1) is 7.81. The molecule has 86 valence electrons. The Labute approximate surface area is 98.5 Å². The average Bonchev–Trinajstić information content (AvgIpc) is 2.76. The van der Waals surface area contributed by atoms with Crippen LogP contribution in [0.5, 0.6) is 0 Å². The molecule has 0 amide bonds. The minimum atomic E-state index is -0.146. The first-order valence-electron chi connectivity index (χ1n) is 6.05. The van der Waals surface area contributed by atoms with Crippen molar-refractivity contribution in [2.75, 3.05) is 19.6 Å². The van der Waals surface area contributed by atoms with Gasteiger partial charge < -0.3 is 5.11 Å². The second-order valence-corrected chi connectivity index (χ2v) is 6.10. The van der Waals surface area contributed by atoms with Gasteiger partial charge in [-0.05, 0) is 24.4 Å². The molecular formula is C11H15N3OS. The molecule has 3 aliphatic rings. The van der Waals surface area contributed by atoms with E-state index in [-0.39, 0.29) is 6.10 Å². The Morgan fingerprint density at radius 3 is 2.81 bits per heavy atom. The first-order valence-corrected chi connectivity index (χ1v) is 6.82. The van der Waals surface area contributed by atoms with E-state index in [1.165, 1.54) is 12.8 Å². The number of hydrogen-bond donors (Lipinski definition) is 1. The lowest BCUT2D eigenvalue weighted by Gasteiger charge is -2.24. The van der Waals surface area contributed by atoms with E-state index in [4.69, 9.17) is 0 Å². The molecule has 4 atom stereocenters. The molecule has 3 heterocycles. The number of aliphatic hydroxyl groups excluding tert-OH is 1. The highest BCUT2D eigenvalue weighted by Crippen LogP contribution is 2.43. The number of rotatable bonds is 2. The quantitative estimate of drug-likeness (QED) is 0.827. The maximum absolute atomic E-state index is 9.89. The van der Waals surface area contributed by atoms with Crippen LogP contribution in [0.2, 0.25) is 0 Å². The highest BCUT2D eigenvalue weighted by molar-refractivity contribution is 7.05. The van der Waals surface area contributed by atoms with Crippen LogP contribution < -0.4 is 0 Å². The average molecular weight is 237 g/mol. The van der Waals surface area contributed by atoms with Crippen molar-refractivity contribution in [1.82, 2.24) is 14.3 Å². The molecule has 2 bridgehead atoms. The van der Waals surface area contributed by atoms with E-state index in [2.05, 4.69) is 14.3 Å². The van der Waals surface area contributed by atoms with Crippen LogP contribution in [-0.2, 0) is 0 Å². The molecule has 0 aromatic carbocycles. The first kappa shape index (κ1) is 9.50. The topological polar surface area (TPSA) is 49.2 Å². The maximum Gasteiger partial charge on any atom is 0.145 e. The third-order valence-electron chi connectivity index (χ3n) is 4.10. The zero-order valence-corrected chi connectivity index (χ0v) is 9.86. The molecule has 1 saturated carbocycles. The molecule has 1 aromatic rings. The summed E-state index contributed by atoms with van der Waals surface area (Å²) in [6.07, 6.45) is 2.38. The molecule has 4 rings (SSSR count). The van der Waals surface area contributed by atoms with E-state index >= 15 is 0 Å². The minimum Gasteiger partial charge on any atom is -0.391 e. The van der Waals surface area contributed by atoms with Crippen molar-refractivity contribution in [3.8, 4) is 0 Å². The predicted octanol–water partition coefficient (Wildman–Crippen LogP) is 0.805. The van der Waals surface area contributed by atoms with Crippen molar-refractivity contribution in [1.29, 1.82) is 0 Å². The van der Waals surface area contributed by atoms with Gasteiger partial charge >= 0.3 is 0 Å². The summed E-state index contributed by atoms with van der Waals surface area (Å²) in [6.45, 7) is 2.97. The molecule has 1 aliphatic carbocycles. The van der Waals surface area contributed by atoms with Crippen LogP contribution in [0.3, 0.4) is 0 Å². The third-order valence-corrected chi connectivity index (χ3v) is 4.96. The van der Waals surface area contributed by atoms with Crippen LogP contribution in [0.1, 0.15) is 35.5 Å². The molecule has 1 N–H and O–H groups in total. The van der Waals surface area contributed by atoms with E-state index in [1.54, 1.807) is 11.5 Å². The zero-order valence-electron chi connectivity index (χ0n) is 9.04. The number of nitrogens with zero attached hydrogens (tertiary/aromatic N) is 3. The van der Waals surface area contributed by atoms with E-state index < -0.39 is 0 Å². The molecule has 4 nitrogen and oxygen atoms in total. The molecular weight excluding hydrogens is 222 g/mol. The van der Waals surface area contributed by atoms with Crippen LogP contribution in [0.4, 0.5) is 0 Å². The highest BCUT2D eigenvalue weighted by Gasteiger charge is 2.46. The van der Waals surface area contributed by atoms with Gasteiger partial charge in [-0.3, -0.25) is 4.90 Å². The van der Waals surface area contributed by atoms with E-state index in [0.29, 0.717) is 17.8 Å². The molecule has 5 heteroatoms. The van der Waals surface area contributed by atoms with Gasteiger partial charge in [-0.2, -0.15) is 4.37 Å². The SMILES string of the molecule is OC1CN2CC(c3nc(C4CC4)ns3)C1C2. The zero-order chi connectivity index (χ0) is 10.7. The Balaban J connectivity index is 1.60. The van der Waals surface area contributed by atoms with Gasteiger partial charge in [-0.1, -0.05) is 0 Å². The number of aliphatic hydroxyl groups is 1. The Morgan fingerprint density at radius 1 is 1.25 bits per heavy atom. The number of hydrogen-bond acceptors (Lipinski definition) is 5. The van der Waals surface area contributed by atoms with Gasteiger partial charge in [0.25, 0.3) is 0 Å². The van der Waals surface area contributed by atoms with E-state index in [1.807, 2.05) is 0 Å². The lowest BCUT2D eigenvalue weighted by Crippen LogP contribution is -2.32. The van der Waals surface area contributed by atoms with Crippen LogP contribution >= 0.6 is 11.5 Å². The minimum absolute atomic E-state index is 0.146. The van der Waals surface area contributed by atoms with Crippen LogP contribution in [0, 0.1) is 5.92 Å². The summed E-state index contributed by atoms with van der Waals surface area (Å²) >= 11 is 1.56. The fraction of sp³-hybridized carbons (Fsp3) is 0.818. The summed E-state index contributed by atoms with van der Waals surface area (Å²) in [5.74, 6) is 2.55. The van der Waals surface area contributed by atoms with Crippen molar-refractivity contribution in [3.05, 3.63) is 10.8 Å². The van der Waals surface area contributed by atoms with Crippen LogP contribution in [0.15, 0.2) is 0 Å². The summed E-state index contributed by atoms with van der Waals surface area (Å²) in [5, 5.41) is 11.1. The van der Waals surface area contributed by atoms with Gasteiger partial charge in [0.2, 0.25) is 0 Å². The second kappa shape index (κ2) is 3.24. The molecule has 0 spiro atoms. The lowest BCUT2D eigenvalue weighted by atomic mass is 9.91. The molecule has 2 aliphatic heterocycles. The van der Waals surface area contributed by atoms with Gasteiger partial charge in [0.1, 0.15) is 10.8 Å². The van der Waals surface area contributed by atoms with Gasteiger partial charge in [-0.25, -0.2) is 4.98 Å². The van der Waals surface area contributed by atoms with E-state index in [9.17, 15) is 5.11 Å². The summed E-state index contributed by atoms with van der Waals surface area (Å²) in [7, 11) is 0. The van der Waals surface area contributed by atoms with Gasteiger partial charge in [0.05, 0.1) is 6.10 Å². The second-order valence-electron chi connectivity index (χ2n) is 5.32. The lowest BCUT2D eigenvalue weighted by molar-refractivity contribution is 0.106. The van der Waals surface area contributed by atoms with Crippen molar-refractivity contribution >= 4 is 11.5 Å². The van der Waals surface area contributed by atoms with Crippen molar-refractivity contribution in [3.63, 3.8) is 0 Å². The van der Waals surface area contributed by atoms with Gasteiger partial charge in [-0.15, -0.1) is 0 Å². The summed E-state index contributed by atoms with van der Waals surface area (Å²) in [4.78, 5) is 7.02. The fourth-order valence-electron chi connectivity index (χ4n) is 3.02. The van der Waals surface area contributed by atoms with Crippen molar-refractivity contribution < 1.29 is 5.11 Å². The number of fused-ring (bicyclic) bond motifs is 2. The highest BCUT2D eigenvalue weighted by atomic mass is 32.1. The number of piperidine rings is 1. The van der Waals surface area contributed by atoms with Gasteiger partial charge in [0.15, 0.2) is 0 Å². The Kier molecular flexibility index (Phi) is 1.93. The van der Waals surface area contributed by atoms with Crippen molar-refractivity contribution in [2.24, 2.45) is 5.92 Å². The molecule has 16 heavy (non-hydrogen) atoms. The summed E-state index contributed by atoms with van der Waals surface area (Å²) < 4.78 is 4.46. The van der Waals surface area contributed by atoms with E-state index in [0.717, 1.165) is 30.5 Å². The Hall–Kier alpha value is -0.520. The van der Waals surface area contributed by atoms with Crippen molar-refractivity contribution in [2.45, 2.75) is 30.8 Å². The molecule has 4 unspecified atom stereocenters. The standard InChI is InChI=1S/C11H15N3OS/c15-9-5-14-3-7(9)8(4-14)11-12-10(13-16-11)6-1-2-6/h6-9,15H,1-5H2. The summed E-state index contributed by atoms with van der Waals surface area (Å²) in [5.41, 5.74) is 0. The molecule has 2 saturated heterocycles. The largest absolute Gasteiger partial charge is 0.391 e. The van der Waals surface area contributed by atoms with Crippen LogP contribution in [-0.4, -0.2) is 45.1 Å². The Morgan fingerprint density at radius 2 is 2.12 bits per heavy atom. The molecule has 3 fully saturated rings. The van der Waals surface area contributed by atoms with Crippen LogP contribution in [0.25, 0.3) is 0 Å². The molecule has 0 radical (unpaired) electrons. The molecule has 1 aromatic heterocycles. The summed E-state index contributed by atoms with van der Waals surface area (Å²) in [6, 6.07) is 0. The third kappa shape index (κ3) is 1.35. The van der Waals surface area contributed by atoms with Gasteiger partial charge in [0, 0.05) is 37.4 Å².